The lowest BCUT2D eigenvalue weighted by Gasteiger charge is -2.19. The molecule has 0 aromatic rings. The first kappa shape index (κ1) is 25.0. The molecule has 2 heterocycles. The highest BCUT2D eigenvalue weighted by atomic mass is 16.8. The molecule has 2 saturated heterocycles. The number of esters is 2. The van der Waals surface area contributed by atoms with Gasteiger partial charge in [-0.05, 0) is 39.5 Å². The predicted molar refractivity (Wildman–Crippen MR) is 102 cm³/mol. The van der Waals surface area contributed by atoms with Gasteiger partial charge in [-0.3, -0.25) is 9.59 Å². The summed E-state index contributed by atoms with van der Waals surface area (Å²) in [5.74, 6) is -0.0389. The summed E-state index contributed by atoms with van der Waals surface area (Å²) >= 11 is 0. The Labute approximate surface area is 175 Å². The summed E-state index contributed by atoms with van der Waals surface area (Å²) in [5, 5.41) is 0. The van der Waals surface area contributed by atoms with E-state index in [9.17, 15) is 19.2 Å². The summed E-state index contributed by atoms with van der Waals surface area (Å²) in [6.07, 6.45) is 0.762. The minimum Gasteiger partial charge on any atom is -0.466 e. The van der Waals surface area contributed by atoms with Crippen molar-refractivity contribution in [1.82, 2.24) is 0 Å². The van der Waals surface area contributed by atoms with Crippen molar-refractivity contribution in [2.75, 3.05) is 13.2 Å². The molecule has 0 N–H and O–H groups in total. The van der Waals surface area contributed by atoms with Crippen molar-refractivity contribution in [3.05, 3.63) is 24.7 Å². The molecule has 2 aliphatic heterocycles. The number of rotatable bonds is 8. The SMILES string of the molecule is C=C1OC(=O)OC1(C)CCCOC(C)=O.C=C1OC(=O)OC1(C)CCCOC(C)=O. The monoisotopic (exact) mass is 428 g/mol. The summed E-state index contributed by atoms with van der Waals surface area (Å²) in [4.78, 5) is 42.6. The zero-order valence-electron chi connectivity index (χ0n) is 17.7. The van der Waals surface area contributed by atoms with Crippen molar-refractivity contribution in [2.45, 2.75) is 64.6 Å². The molecule has 0 amide bonds. The van der Waals surface area contributed by atoms with E-state index in [1.807, 2.05) is 0 Å². The number of carbonyl (C=O) groups excluding carboxylic acids is 4. The highest BCUT2D eigenvalue weighted by molar-refractivity contribution is 5.67. The Balaban J connectivity index is 0.000000300. The zero-order chi connectivity index (χ0) is 22.9. The van der Waals surface area contributed by atoms with Crippen molar-refractivity contribution in [3.8, 4) is 0 Å². The van der Waals surface area contributed by atoms with Gasteiger partial charge in [-0.1, -0.05) is 13.2 Å². The van der Waals surface area contributed by atoms with Gasteiger partial charge in [-0.15, -0.1) is 0 Å². The van der Waals surface area contributed by atoms with E-state index < -0.39 is 23.5 Å². The molecular weight excluding hydrogens is 400 g/mol. The van der Waals surface area contributed by atoms with Gasteiger partial charge in [0, 0.05) is 13.8 Å². The minimum atomic E-state index is -0.794. The lowest BCUT2D eigenvalue weighted by molar-refractivity contribution is -0.142. The van der Waals surface area contributed by atoms with Crippen LogP contribution in [0.3, 0.4) is 0 Å². The third-order valence-corrected chi connectivity index (χ3v) is 4.42. The normalized spacial score (nSPS) is 24.7. The smallest absolute Gasteiger partial charge is 0.466 e. The average molecular weight is 428 g/mol. The number of ether oxygens (including phenoxy) is 6. The molecule has 10 nitrogen and oxygen atoms in total. The zero-order valence-corrected chi connectivity index (χ0v) is 17.7. The quantitative estimate of drug-likeness (QED) is 0.322. The molecule has 0 aliphatic carbocycles. The average Bonchev–Trinajstić information content (AvgIpc) is 3.02. The van der Waals surface area contributed by atoms with Gasteiger partial charge in [-0.2, -0.15) is 0 Å². The number of hydrogen-bond acceptors (Lipinski definition) is 10. The second-order valence-electron chi connectivity index (χ2n) is 7.10. The molecular formula is C20H28O10. The largest absolute Gasteiger partial charge is 0.514 e. The van der Waals surface area contributed by atoms with Crippen molar-refractivity contribution in [2.24, 2.45) is 0 Å². The molecule has 0 bridgehead atoms. The van der Waals surface area contributed by atoms with Gasteiger partial charge in [0.15, 0.2) is 11.2 Å². The third kappa shape index (κ3) is 7.76. The van der Waals surface area contributed by atoms with Crippen molar-refractivity contribution < 1.29 is 47.6 Å². The fraction of sp³-hybridized carbons (Fsp3) is 0.600. The molecule has 10 heteroatoms. The minimum absolute atomic E-state index is 0.301. The molecule has 2 aliphatic rings. The summed E-state index contributed by atoms with van der Waals surface area (Å²) in [6, 6.07) is 0. The van der Waals surface area contributed by atoms with Crippen LogP contribution in [0.15, 0.2) is 24.7 Å². The van der Waals surface area contributed by atoms with Crippen molar-refractivity contribution >= 4 is 24.2 Å². The van der Waals surface area contributed by atoms with E-state index in [-0.39, 0.29) is 11.9 Å². The molecule has 2 unspecified atom stereocenters. The molecule has 0 spiro atoms. The number of hydrogen-bond donors (Lipinski definition) is 0. The molecule has 30 heavy (non-hydrogen) atoms. The van der Waals surface area contributed by atoms with Gasteiger partial charge < -0.3 is 28.4 Å². The summed E-state index contributed by atoms with van der Waals surface area (Å²) in [7, 11) is 0. The molecule has 2 fully saturated rings. The van der Waals surface area contributed by atoms with Crippen molar-refractivity contribution in [3.63, 3.8) is 0 Å². The Bertz CT molecular complexity index is 652. The molecule has 0 saturated carbocycles. The topological polar surface area (TPSA) is 124 Å². The van der Waals surface area contributed by atoms with E-state index in [2.05, 4.69) is 13.2 Å². The van der Waals surface area contributed by atoms with Gasteiger partial charge in [0.1, 0.15) is 11.5 Å². The van der Waals surface area contributed by atoms with Gasteiger partial charge in [0.25, 0.3) is 0 Å². The van der Waals surface area contributed by atoms with Crippen LogP contribution in [0.25, 0.3) is 0 Å². The number of carbonyl (C=O) groups is 4. The molecule has 2 rings (SSSR count). The van der Waals surface area contributed by atoms with Gasteiger partial charge >= 0.3 is 24.2 Å². The van der Waals surface area contributed by atoms with Crippen LogP contribution in [0.1, 0.15) is 53.4 Å². The van der Waals surface area contributed by atoms with Crippen LogP contribution >= 0.6 is 0 Å². The van der Waals surface area contributed by atoms with E-state index in [1.165, 1.54) is 13.8 Å². The Morgan fingerprint density at radius 2 is 1.13 bits per heavy atom. The van der Waals surface area contributed by atoms with E-state index >= 15 is 0 Å². The fourth-order valence-electron chi connectivity index (χ4n) is 2.57. The lowest BCUT2D eigenvalue weighted by atomic mass is 9.99. The molecule has 2 atom stereocenters. The molecule has 0 radical (unpaired) electrons. The van der Waals surface area contributed by atoms with Crippen LogP contribution in [0, 0.1) is 0 Å². The Morgan fingerprint density at radius 1 is 0.800 bits per heavy atom. The van der Waals surface area contributed by atoms with Crippen LogP contribution in [0.4, 0.5) is 9.59 Å². The highest BCUT2D eigenvalue weighted by Gasteiger charge is 2.42. The second-order valence-corrected chi connectivity index (χ2v) is 7.10. The lowest BCUT2D eigenvalue weighted by Crippen LogP contribution is -2.26. The van der Waals surface area contributed by atoms with E-state index in [4.69, 9.17) is 28.4 Å². The van der Waals surface area contributed by atoms with E-state index in [0.717, 1.165) is 0 Å². The van der Waals surface area contributed by atoms with Gasteiger partial charge in [0.05, 0.1) is 13.2 Å². The summed E-state index contributed by atoms with van der Waals surface area (Å²) < 4.78 is 28.8. The molecule has 168 valence electrons. The third-order valence-electron chi connectivity index (χ3n) is 4.42. The van der Waals surface area contributed by atoms with E-state index in [1.54, 1.807) is 13.8 Å². The maximum Gasteiger partial charge on any atom is 0.514 e. The molecule has 0 aromatic heterocycles. The van der Waals surface area contributed by atoms with Crippen LogP contribution < -0.4 is 0 Å². The summed E-state index contributed by atoms with van der Waals surface area (Å²) in [6.45, 7) is 13.9. The molecule has 0 aromatic carbocycles. The summed E-state index contributed by atoms with van der Waals surface area (Å²) in [5.41, 5.74) is -1.59. The highest BCUT2D eigenvalue weighted by Crippen LogP contribution is 2.34. The fourth-order valence-corrected chi connectivity index (χ4v) is 2.57. The standard InChI is InChI=1S/2C10H14O5/c2*1-7-10(3,15-9(12)14-7)5-4-6-13-8(2)11/h2*1,4-6H2,2-3H3. The van der Waals surface area contributed by atoms with Gasteiger partial charge in [0.2, 0.25) is 0 Å². The van der Waals surface area contributed by atoms with Crippen LogP contribution in [0.2, 0.25) is 0 Å². The van der Waals surface area contributed by atoms with Crippen LogP contribution in [0.5, 0.6) is 0 Å². The number of cyclic esters (lactones) is 4. The predicted octanol–water partition coefficient (Wildman–Crippen LogP) is 3.54. The Kier molecular flexibility index (Phi) is 8.88. The maximum atomic E-state index is 10.8. The first-order valence-electron chi connectivity index (χ1n) is 9.35. The van der Waals surface area contributed by atoms with Crippen molar-refractivity contribution in [1.29, 1.82) is 0 Å². The van der Waals surface area contributed by atoms with Gasteiger partial charge in [-0.25, -0.2) is 9.59 Å². The maximum absolute atomic E-state index is 10.8. The van der Waals surface area contributed by atoms with E-state index in [0.29, 0.717) is 50.4 Å². The first-order valence-corrected chi connectivity index (χ1v) is 9.35. The second kappa shape index (κ2) is 10.7. The Hall–Kier alpha value is -3.04. The Morgan fingerprint density at radius 3 is 1.37 bits per heavy atom. The van der Waals surface area contributed by atoms with Crippen LogP contribution in [-0.2, 0) is 38.0 Å². The first-order chi connectivity index (χ1) is 13.9. The van der Waals surface area contributed by atoms with Crippen LogP contribution in [-0.4, -0.2) is 48.7 Å².